The van der Waals surface area contributed by atoms with Crippen LogP contribution in [0.5, 0.6) is 0 Å². The summed E-state index contributed by atoms with van der Waals surface area (Å²) in [5.41, 5.74) is 6.87. The molecule has 4 rings (SSSR count). The molecule has 0 aliphatic rings. The first-order valence-corrected chi connectivity index (χ1v) is 10.6. The lowest BCUT2D eigenvalue weighted by Crippen LogP contribution is -2.07. The minimum absolute atomic E-state index is 0.108. The van der Waals surface area contributed by atoms with Crippen molar-refractivity contribution in [2.45, 2.75) is 32.2 Å². The van der Waals surface area contributed by atoms with Crippen LogP contribution in [0.4, 0.5) is 0 Å². The molecule has 0 spiro atoms. The topological polar surface area (TPSA) is 58.2 Å². The molecule has 0 unspecified atom stereocenters. The first-order chi connectivity index (χ1) is 14.0. The van der Waals surface area contributed by atoms with Crippen LogP contribution in [0.1, 0.15) is 39.5 Å². The van der Waals surface area contributed by atoms with Crippen LogP contribution < -0.4 is 0 Å². The van der Waals surface area contributed by atoms with Gasteiger partial charge in [-0.15, -0.1) is 0 Å². The summed E-state index contributed by atoms with van der Waals surface area (Å²) in [4.78, 5) is 17.6. The minimum Gasteiger partial charge on any atom is -0.293 e. The van der Waals surface area contributed by atoms with E-state index in [4.69, 9.17) is 4.98 Å². The molecular formula is C24H21N3OS. The third-order valence-corrected chi connectivity index (χ3v) is 6.16. The van der Waals surface area contributed by atoms with Gasteiger partial charge >= 0.3 is 0 Å². The average Bonchev–Trinajstić information content (AvgIpc) is 3.12. The van der Waals surface area contributed by atoms with E-state index in [1.807, 2.05) is 73.7 Å². The standard InChI is InChI=1S/C24H21N3OS/c1-4-17-12-23(29-14-22(28)18-11-15(2)9-10-16(18)3)27-21-8-6-5-7-20(21)26-24(27)19(17)13-25/h5-12H,4,14H2,1-3H3. The van der Waals surface area contributed by atoms with Gasteiger partial charge < -0.3 is 0 Å². The maximum Gasteiger partial charge on any atom is 0.173 e. The average molecular weight is 400 g/mol. The molecule has 2 aromatic carbocycles. The Hall–Kier alpha value is -3.10. The number of aryl methyl sites for hydroxylation is 3. The second-order valence-corrected chi connectivity index (χ2v) is 8.13. The van der Waals surface area contributed by atoms with Crippen molar-refractivity contribution in [3.05, 3.63) is 76.3 Å². The molecule has 0 radical (unpaired) electrons. The van der Waals surface area contributed by atoms with Crippen LogP contribution in [-0.4, -0.2) is 20.9 Å². The Kier molecular flexibility index (Phi) is 5.12. The number of aromatic nitrogens is 2. The fourth-order valence-corrected chi connectivity index (χ4v) is 4.58. The van der Waals surface area contributed by atoms with Gasteiger partial charge in [-0.25, -0.2) is 4.98 Å². The monoisotopic (exact) mass is 399 g/mol. The number of hydrogen-bond donors (Lipinski definition) is 0. The molecule has 4 aromatic rings. The molecule has 0 amide bonds. The largest absolute Gasteiger partial charge is 0.293 e. The Labute approximate surface area is 174 Å². The lowest BCUT2D eigenvalue weighted by molar-refractivity contribution is 0.102. The number of nitriles is 1. The van der Waals surface area contributed by atoms with Gasteiger partial charge in [-0.2, -0.15) is 5.26 Å². The number of fused-ring (bicyclic) bond motifs is 3. The van der Waals surface area contributed by atoms with E-state index < -0.39 is 0 Å². The van der Waals surface area contributed by atoms with Crippen molar-refractivity contribution in [3.63, 3.8) is 0 Å². The van der Waals surface area contributed by atoms with Gasteiger partial charge in [0, 0.05) is 5.56 Å². The molecule has 0 fully saturated rings. The number of nitrogens with zero attached hydrogens (tertiary/aromatic N) is 3. The minimum atomic E-state index is 0.108. The summed E-state index contributed by atoms with van der Waals surface area (Å²) in [6, 6.07) is 18.2. The summed E-state index contributed by atoms with van der Waals surface area (Å²) in [5, 5.41) is 10.7. The Morgan fingerprint density at radius 2 is 1.97 bits per heavy atom. The number of benzene rings is 2. The molecule has 0 saturated carbocycles. The lowest BCUT2D eigenvalue weighted by atomic mass is 10.0. The van der Waals surface area contributed by atoms with Crippen molar-refractivity contribution in [2.75, 3.05) is 5.75 Å². The number of para-hydroxylation sites is 2. The summed E-state index contributed by atoms with van der Waals surface area (Å²) in [6.07, 6.45) is 0.737. The quantitative estimate of drug-likeness (QED) is 0.328. The van der Waals surface area contributed by atoms with Gasteiger partial charge in [-0.1, -0.05) is 48.5 Å². The number of thioether (sulfide) groups is 1. The second-order valence-electron chi connectivity index (χ2n) is 7.14. The molecular weight excluding hydrogens is 378 g/mol. The highest BCUT2D eigenvalue weighted by Gasteiger charge is 2.18. The van der Waals surface area contributed by atoms with Crippen molar-refractivity contribution in [1.29, 1.82) is 5.26 Å². The van der Waals surface area contributed by atoms with Crippen molar-refractivity contribution >= 4 is 34.2 Å². The van der Waals surface area contributed by atoms with E-state index in [0.29, 0.717) is 17.0 Å². The zero-order chi connectivity index (χ0) is 20.5. The number of imidazole rings is 1. The third kappa shape index (κ3) is 3.41. The second kappa shape index (κ2) is 7.73. The molecule has 2 aromatic heterocycles. The predicted octanol–water partition coefficient (Wildman–Crippen LogP) is 5.51. The molecule has 4 nitrogen and oxygen atoms in total. The van der Waals surface area contributed by atoms with Crippen molar-refractivity contribution in [1.82, 2.24) is 9.38 Å². The smallest absolute Gasteiger partial charge is 0.173 e. The van der Waals surface area contributed by atoms with Crippen LogP contribution in [0.15, 0.2) is 53.6 Å². The number of carbonyl (C=O) groups excluding carboxylic acids is 1. The zero-order valence-electron chi connectivity index (χ0n) is 16.7. The SMILES string of the molecule is CCc1cc(SCC(=O)c2cc(C)ccc2C)n2c(nc3ccccc32)c1C#N. The number of hydrogen-bond acceptors (Lipinski definition) is 4. The third-order valence-electron chi connectivity index (χ3n) is 5.16. The van der Waals surface area contributed by atoms with Gasteiger partial charge in [-0.3, -0.25) is 9.20 Å². The van der Waals surface area contributed by atoms with E-state index in [9.17, 15) is 10.1 Å². The molecule has 5 heteroatoms. The molecule has 0 aliphatic carbocycles. The first kappa shape index (κ1) is 19.2. The molecule has 0 aliphatic heterocycles. The van der Waals surface area contributed by atoms with E-state index in [1.54, 1.807) is 0 Å². The van der Waals surface area contributed by atoms with Crippen LogP contribution in [0.2, 0.25) is 0 Å². The molecule has 2 heterocycles. The predicted molar refractivity (Wildman–Crippen MR) is 118 cm³/mol. The normalized spacial score (nSPS) is 11.1. The van der Waals surface area contributed by atoms with Gasteiger partial charge in [0.25, 0.3) is 0 Å². The highest BCUT2D eigenvalue weighted by molar-refractivity contribution is 8.00. The number of carbonyl (C=O) groups is 1. The fourth-order valence-electron chi connectivity index (χ4n) is 3.61. The highest BCUT2D eigenvalue weighted by Crippen LogP contribution is 2.30. The van der Waals surface area contributed by atoms with Gasteiger partial charge in [0.2, 0.25) is 0 Å². The molecule has 0 saturated heterocycles. The summed E-state index contributed by atoms with van der Waals surface area (Å²) >= 11 is 1.50. The number of pyridine rings is 1. The Bertz CT molecular complexity index is 1300. The van der Waals surface area contributed by atoms with Crippen LogP contribution in [0, 0.1) is 25.2 Å². The lowest BCUT2D eigenvalue weighted by Gasteiger charge is -2.11. The number of Topliss-reactive ketones (excluding diaryl/α,β-unsaturated/α-hetero) is 1. The van der Waals surface area contributed by atoms with Crippen LogP contribution in [-0.2, 0) is 6.42 Å². The van der Waals surface area contributed by atoms with Crippen molar-refractivity contribution in [2.24, 2.45) is 0 Å². The molecule has 0 bridgehead atoms. The molecule has 29 heavy (non-hydrogen) atoms. The highest BCUT2D eigenvalue weighted by atomic mass is 32.2. The van der Waals surface area contributed by atoms with Crippen LogP contribution in [0.25, 0.3) is 16.7 Å². The van der Waals surface area contributed by atoms with E-state index in [-0.39, 0.29) is 5.78 Å². The maximum atomic E-state index is 12.9. The van der Waals surface area contributed by atoms with Crippen molar-refractivity contribution in [3.8, 4) is 6.07 Å². The van der Waals surface area contributed by atoms with Gasteiger partial charge in [-0.05, 0) is 55.7 Å². The molecule has 0 atom stereocenters. The van der Waals surface area contributed by atoms with Gasteiger partial charge in [0.1, 0.15) is 6.07 Å². The van der Waals surface area contributed by atoms with E-state index >= 15 is 0 Å². The Balaban J connectivity index is 1.80. The molecule has 144 valence electrons. The van der Waals surface area contributed by atoms with E-state index in [2.05, 4.69) is 6.07 Å². The summed E-state index contributed by atoms with van der Waals surface area (Å²) in [7, 11) is 0. The summed E-state index contributed by atoms with van der Waals surface area (Å²) in [6.45, 7) is 6.00. The van der Waals surface area contributed by atoms with Gasteiger partial charge in [0.15, 0.2) is 11.4 Å². The first-order valence-electron chi connectivity index (χ1n) is 9.60. The van der Waals surface area contributed by atoms with Crippen molar-refractivity contribution < 1.29 is 4.79 Å². The number of rotatable bonds is 5. The fraction of sp³-hybridized carbons (Fsp3) is 0.208. The zero-order valence-corrected chi connectivity index (χ0v) is 17.5. The van der Waals surface area contributed by atoms with Crippen LogP contribution >= 0.6 is 11.8 Å². The maximum absolute atomic E-state index is 12.9. The van der Waals surface area contributed by atoms with Gasteiger partial charge in [0.05, 0.1) is 27.4 Å². The van der Waals surface area contributed by atoms with E-state index in [0.717, 1.165) is 44.7 Å². The summed E-state index contributed by atoms with van der Waals surface area (Å²) in [5.74, 6) is 0.442. The number of ketones is 1. The Morgan fingerprint density at radius 1 is 1.17 bits per heavy atom. The molecule has 0 N–H and O–H groups in total. The summed E-state index contributed by atoms with van der Waals surface area (Å²) < 4.78 is 2.01. The van der Waals surface area contributed by atoms with E-state index in [1.165, 1.54) is 11.8 Å². The Morgan fingerprint density at radius 3 is 2.72 bits per heavy atom. The van der Waals surface area contributed by atoms with Crippen LogP contribution in [0.3, 0.4) is 0 Å².